The number of amides is 1. The van der Waals surface area contributed by atoms with Crippen molar-refractivity contribution in [1.29, 1.82) is 0 Å². The minimum atomic E-state index is -0.536. The van der Waals surface area contributed by atoms with Crippen LogP contribution in [-0.4, -0.2) is 32.4 Å². The topological polar surface area (TPSA) is 80.0 Å². The molecule has 0 fully saturated rings. The number of carbonyl (C=O) groups excluding carboxylic acids is 1. The minimum absolute atomic E-state index is 0.104. The van der Waals surface area contributed by atoms with Crippen molar-refractivity contribution < 1.29 is 14.3 Å². The Balaban J connectivity index is 2.15. The Morgan fingerprint density at radius 2 is 2.33 bits per heavy atom. The zero-order valence-electron chi connectivity index (χ0n) is 11.3. The number of halogens is 1. The van der Waals surface area contributed by atoms with Gasteiger partial charge in [0.1, 0.15) is 18.8 Å². The van der Waals surface area contributed by atoms with Crippen LogP contribution in [0.15, 0.2) is 24.5 Å². The summed E-state index contributed by atoms with van der Waals surface area (Å²) in [6, 6.07) is 3.70. The zero-order chi connectivity index (χ0) is 15.2. The average molecular weight is 288 g/mol. The molecule has 6 nitrogen and oxygen atoms in total. The van der Waals surface area contributed by atoms with Gasteiger partial charge in [-0.3, -0.25) is 9.48 Å². The summed E-state index contributed by atoms with van der Waals surface area (Å²) < 4.78 is 14.8. The molecular formula is C14H13FN4O2. The molecule has 0 unspecified atom stereocenters. The van der Waals surface area contributed by atoms with Crippen LogP contribution in [0.2, 0.25) is 0 Å². The van der Waals surface area contributed by atoms with Crippen LogP contribution in [0, 0.1) is 17.7 Å². The van der Waals surface area contributed by atoms with E-state index in [4.69, 9.17) is 5.11 Å². The maximum Gasteiger partial charge on any atom is 0.253 e. The van der Waals surface area contributed by atoms with Crippen molar-refractivity contribution in [3.8, 4) is 11.8 Å². The molecular weight excluding hydrogens is 275 g/mol. The van der Waals surface area contributed by atoms with Crippen molar-refractivity contribution in [2.75, 3.05) is 6.61 Å². The first kappa shape index (κ1) is 14.7. The van der Waals surface area contributed by atoms with E-state index < -0.39 is 11.7 Å². The number of nitrogens with zero attached hydrogens (tertiary/aromatic N) is 3. The van der Waals surface area contributed by atoms with Crippen LogP contribution < -0.4 is 5.32 Å². The number of aliphatic hydroxyl groups excluding tert-OH is 1. The quantitative estimate of drug-likeness (QED) is 0.792. The summed E-state index contributed by atoms with van der Waals surface area (Å²) in [7, 11) is 1.72. The third-order valence-electron chi connectivity index (χ3n) is 2.58. The monoisotopic (exact) mass is 288 g/mol. The van der Waals surface area contributed by atoms with Gasteiger partial charge in [-0.1, -0.05) is 11.8 Å². The molecule has 0 aliphatic heterocycles. The molecule has 1 aromatic carbocycles. The van der Waals surface area contributed by atoms with Gasteiger partial charge < -0.3 is 10.4 Å². The van der Waals surface area contributed by atoms with Crippen LogP contribution in [0.5, 0.6) is 0 Å². The fourth-order valence-electron chi connectivity index (χ4n) is 1.67. The third-order valence-corrected chi connectivity index (χ3v) is 2.58. The molecule has 0 aliphatic rings. The van der Waals surface area contributed by atoms with Gasteiger partial charge in [-0.05, 0) is 18.2 Å². The zero-order valence-corrected chi connectivity index (χ0v) is 11.3. The lowest BCUT2D eigenvalue weighted by Gasteiger charge is -2.05. The van der Waals surface area contributed by atoms with Crippen molar-refractivity contribution in [3.63, 3.8) is 0 Å². The molecule has 0 bridgehead atoms. The summed E-state index contributed by atoms with van der Waals surface area (Å²) in [5.74, 6) is 4.47. The van der Waals surface area contributed by atoms with E-state index in [-0.39, 0.29) is 18.7 Å². The smallest absolute Gasteiger partial charge is 0.253 e. The lowest BCUT2D eigenvalue weighted by molar-refractivity contribution is 0.0949. The van der Waals surface area contributed by atoms with Crippen LogP contribution >= 0.6 is 0 Å². The Morgan fingerprint density at radius 1 is 1.52 bits per heavy atom. The molecule has 0 atom stereocenters. The summed E-state index contributed by atoms with van der Waals surface area (Å²) in [4.78, 5) is 16.1. The van der Waals surface area contributed by atoms with Gasteiger partial charge >= 0.3 is 0 Å². The highest BCUT2D eigenvalue weighted by atomic mass is 19.1. The highest BCUT2D eigenvalue weighted by Crippen LogP contribution is 2.10. The number of hydrogen-bond donors (Lipinski definition) is 2. The van der Waals surface area contributed by atoms with Gasteiger partial charge in [-0.2, -0.15) is 5.10 Å². The third kappa shape index (κ3) is 3.87. The number of aliphatic hydroxyl groups is 1. The van der Waals surface area contributed by atoms with Gasteiger partial charge in [-0.15, -0.1) is 0 Å². The van der Waals surface area contributed by atoms with E-state index in [0.717, 1.165) is 6.07 Å². The number of nitrogens with one attached hydrogen (secondary N) is 1. The normalized spacial score (nSPS) is 9.86. The summed E-state index contributed by atoms with van der Waals surface area (Å²) >= 11 is 0. The van der Waals surface area contributed by atoms with Crippen molar-refractivity contribution in [2.24, 2.45) is 7.05 Å². The van der Waals surface area contributed by atoms with E-state index in [2.05, 4.69) is 27.2 Å². The van der Waals surface area contributed by atoms with Gasteiger partial charge in [-0.25, -0.2) is 9.37 Å². The summed E-state index contributed by atoms with van der Waals surface area (Å²) in [5.41, 5.74) is 0.448. The Morgan fingerprint density at radius 3 is 3.00 bits per heavy atom. The molecule has 7 heteroatoms. The fourth-order valence-corrected chi connectivity index (χ4v) is 1.67. The van der Waals surface area contributed by atoms with Gasteiger partial charge in [0.15, 0.2) is 5.82 Å². The molecule has 2 N–H and O–H groups in total. The fraction of sp³-hybridized carbons (Fsp3) is 0.214. The average Bonchev–Trinajstić information content (AvgIpc) is 2.89. The molecule has 0 aliphatic carbocycles. The van der Waals surface area contributed by atoms with Gasteiger partial charge in [0, 0.05) is 12.6 Å². The molecule has 0 radical (unpaired) electrons. The van der Waals surface area contributed by atoms with E-state index in [1.807, 2.05) is 0 Å². The molecule has 1 heterocycles. The lowest BCUT2D eigenvalue weighted by atomic mass is 10.1. The largest absolute Gasteiger partial charge is 0.384 e. The maximum absolute atomic E-state index is 13.3. The molecule has 0 saturated heterocycles. The first-order chi connectivity index (χ1) is 10.1. The van der Waals surface area contributed by atoms with Gasteiger partial charge in [0.2, 0.25) is 0 Å². The summed E-state index contributed by atoms with van der Waals surface area (Å²) in [6.07, 6.45) is 1.52. The van der Waals surface area contributed by atoms with E-state index in [9.17, 15) is 9.18 Å². The van der Waals surface area contributed by atoms with Crippen LogP contribution in [-0.2, 0) is 13.6 Å². The maximum atomic E-state index is 13.3. The van der Waals surface area contributed by atoms with Crippen molar-refractivity contribution >= 4 is 5.91 Å². The second-order valence-electron chi connectivity index (χ2n) is 4.17. The molecule has 1 amide bonds. The van der Waals surface area contributed by atoms with Gasteiger partial charge in [0.25, 0.3) is 5.91 Å². The Hall–Kier alpha value is -2.72. The molecule has 0 saturated carbocycles. The minimum Gasteiger partial charge on any atom is -0.384 e. The van der Waals surface area contributed by atoms with Crippen LogP contribution in [0.1, 0.15) is 21.7 Å². The Labute approximate surface area is 120 Å². The Kier molecular flexibility index (Phi) is 4.64. The molecule has 2 rings (SSSR count). The first-order valence-electron chi connectivity index (χ1n) is 6.12. The van der Waals surface area contributed by atoms with E-state index in [1.54, 1.807) is 7.05 Å². The van der Waals surface area contributed by atoms with Crippen molar-refractivity contribution in [3.05, 3.63) is 47.3 Å². The number of rotatable bonds is 3. The van der Waals surface area contributed by atoms with Crippen LogP contribution in [0.4, 0.5) is 4.39 Å². The standard InChI is InChI=1S/C14H13FN4O2/c1-19-9-17-13(18-19)8-16-14(21)12-7-11(15)5-4-10(12)3-2-6-20/h4-5,7,9,20H,6,8H2,1H3,(H,16,21). The van der Waals surface area contributed by atoms with Crippen LogP contribution in [0.25, 0.3) is 0 Å². The Bertz CT molecular complexity index is 715. The number of carbonyl (C=O) groups is 1. The highest BCUT2D eigenvalue weighted by molar-refractivity contribution is 5.96. The summed E-state index contributed by atoms with van der Waals surface area (Å²) in [6.45, 7) is -0.209. The molecule has 21 heavy (non-hydrogen) atoms. The van der Waals surface area contributed by atoms with Crippen LogP contribution in [0.3, 0.4) is 0 Å². The SMILES string of the molecule is Cn1cnc(CNC(=O)c2cc(F)ccc2C#CCO)n1. The van der Waals surface area contributed by atoms with Crippen molar-refractivity contribution in [1.82, 2.24) is 20.1 Å². The molecule has 2 aromatic rings. The second kappa shape index (κ2) is 6.63. The molecule has 108 valence electrons. The predicted octanol–water partition coefficient (Wildman–Crippen LogP) is 0.228. The number of aromatic nitrogens is 3. The molecule has 1 aromatic heterocycles. The van der Waals surface area contributed by atoms with Gasteiger partial charge in [0.05, 0.1) is 12.1 Å². The first-order valence-corrected chi connectivity index (χ1v) is 6.12. The van der Waals surface area contributed by atoms with E-state index in [1.165, 1.54) is 23.1 Å². The van der Waals surface area contributed by atoms with E-state index in [0.29, 0.717) is 11.4 Å². The number of aryl methyl sites for hydroxylation is 1. The number of hydrogen-bond acceptors (Lipinski definition) is 4. The van der Waals surface area contributed by atoms with Crippen molar-refractivity contribution in [2.45, 2.75) is 6.54 Å². The summed E-state index contributed by atoms with van der Waals surface area (Å²) in [5, 5.41) is 15.3. The second-order valence-corrected chi connectivity index (χ2v) is 4.17. The lowest BCUT2D eigenvalue weighted by Crippen LogP contribution is -2.24. The van der Waals surface area contributed by atoms with E-state index >= 15 is 0 Å². The predicted molar refractivity (Wildman–Crippen MR) is 72.5 cm³/mol. The highest BCUT2D eigenvalue weighted by Gasteiger charge is 2.12. The molecule has 0 spiro atoms. The number of benzene rings is 1.